The van der Waals surface area contributed by atoms with Crippen LogP contribution in [0.4, 0.5) is 0 Å². The van der Waals surface area contributed by atoms with Crippen LogP contribution < -0.4 is 0 Å². The average molecular weight is 340 g/mol. The predicted octanol–water partition coefficient (Wildman–Crippen LogP) is 3.21. The number of cyclic esters (lactones) is 1. The van der Waals surface area contributed by atoms with Crippen LogP contribution in [0.2, 0.25) is 0 Å². The zero-order chi connectivity index (χ0) is 17.3. The van der Waals surface area contributed by atoms with Crippen molar-refractivity contribution in [2.24, 2.45) is 5.41 Å². The first-order valence-electron chi connectivity index (χ1n) is 7.95. The number of carbonyl (C=O) groups excluding carboxylic acids is 1. The van der Waals surface area contributed by atoms with E-state index in [0.29, 0.717) is 19.3 Å². The number of aryl methyl sites for hydroxylation is 1. The van der Waals surface area contributed by atoms with E-state index in [1.165, 1.54) is 12.1 Å². The maximum Gasteiger partial charge on any atom is 0.312 e. The number of hydrogen-bond acceptors (Lipinski definition) is 5. The third kappa shape index (κ3) is 3.58. The second-order valence-corrected chi connectivity index (χ2v) is 7.78. The SMILES string of the molecule is CCC1(CC)CC(C(C)OS(=O)(=O)c2ccc(C)cc2)OC1=O. The van der Waals surface area contributed by atoms with Crippen LogP contribution >= 0.6 is 0 Å². The number of ether oxygens (including phenoxy) is 1. The quantitative estimate of drug-likeness (QED) is 0.587. The van der Waals surface area contributed by atoms with E-state index < -0.39 is 27.7 Å². The van der Waals surface area contributed by atoms with Gasteiger partial charge in [0.2, 0.25) is 0 Å². The maximum absolute atomic E-state index is 12.3. The summed E-state index contributed by atoms with van der Waals surface area (Å²) in [6.45, 7) is 7.40. The van der Waals surface area contributed by atoms with Gasteiger partial charge in [0.05, 0.1) is 10.3 Å². The third-order valence-electron chi connectivity index (χ3n) is 4.75. The van der Waals surface area contributed by atoms with Gasteiger partial charge < -0.3 is 4.74 Å². The molecule has 1 aromatic rings. The number of carbonyl (C=O) groups is 1. The van der Waals surface area contributed by atoms with Gasteiger partial charge >= 0.3 is 5.97 Å². The van der Waals surface area contributed by atoms with Crippen molar-refractivity contribution in [3.8, 4) is 0 Å². The largest absolute Gasteiger partial charge is 0.459 e. The van der Waals surface area contributed by atoms with Gasteiger partial charge in [-0.15, -0.1) is 0 Å². The Morgan fingerprint density at radius 1 is 1.26 bits per heavy atom. The monoisotopic (exact) mass is 340 g/mol. The molecule has 0 amide bonds. The van der Waals surface area contributed by atoms with Crippen molar-refractivity contribution in [2.75, 3.05) is 0 Å². The summed E-state index contributed by atoms with van der Waals surface area (Å²) in [5, 5.41) is 0. The van der Waals surface area contributed by atoms with Gasteiger partial charge in [-0.05, 0) is 38.8 Å². The summed E-state index contributed by atoms with van der Waals surface area (Å²) in [5.41, 5.74) is 0.452. The zero-order valence-corrected chi connectivity index (χ0v) is 14.9. The highest BCUT2D eigenvalue weighted by Gasteiger charge is 2.48. The lowest BCUT2D eigenvalue weighted by molar-refractivity contribution is -0.151. The number of hydrogen-bond donors (Lipinski definition) is 0. The Bertz CT molecular complexity index is 659. The van der Waals surface area contributed by atoms with Crippen LogP contribution in [0.5, 0.6) is 0 Å². The number of esters is 1. The minimum atomic E-state index is -3.87. The molecule has 1 aliphatic rings. The Morgan fingerprint density at radius 3 is 2.30 bits per heavy atom. The molecule has 0 bridgehead atoms. The fourth-order valence-corrected chi connectivity index (χ4v) is 3.99. The van der Waals surface area contributed by atoms with Gasteiger partial charge in [-0.2, -0.15) is 8.42 Å². The van der Waals surface area contributed by atoms with E-state index in [1.54, 1.807) is 19.1 Å². The zero-order valence-electron chi connectivity index (χ0n) is 14.0. The lowest BCUT2D eigenvalue weighted by Gasteiger charge is -2.21. The van der Waals surface area contributed by atoms with Crippen LogP contribution in [0.3, 0.4) is 0 Å². The van der Waals surface area contributed by atoms with Gasteiger partial charge in [-0.3, -0.25) is 8.98 Å². The molecule has 2 atom stereocenters. The van der Waals surface area contributed by atoms with E-state index in [0.717, 1.165) is 5.56 Å². The number of benzene rings is 1. The Hall–Kier alpha value is -1.40. The normalized spacial score (nSPS) is 21.9. The predicted molar refractivity (Wildman–Crippen MR) is 86.4 cm³/mol. The highest BCUT2D eigenvalue weighted by atomic mass is 32.2. The van der Waals surface area contributed by atoms with E-state index in [9.17, 15) is 13.2 Å². The maximum atomic E-state index is 12.3. The molecule has 0 spiro atoms. The molecule has 0 aromatic heterocycles. The first-order chi connectivity index (χ1) is 10.7. The lowest BCUT2D eigenvalue weighted by atomic mass is 9.79. The molecule has 0 N–H and O–H groups in total. The second-order valence-electron chi connectivity index (χ2n) is 6.20. The molecule has 1 aromatic carbocycles. The molecular weight excluding hydrogens is 316 g/mol. The molecule has 1 heterocycles. The van der Waals surface area contributed by atoms with Crippen molar-refractivity contribution in [3.63, 3.8) is 0 Å². The Balaban J connectivity index is 2.12. The van der Waals surface area contributed by atoms with Crippen LogP contribution in [0.1, 0.15) is 45.6 Å². The second kappa shape index (κ2) is 6.61. The minimum absolute atomic E-state index is 0.108. The molecule has 5 nitrogen and oxygen atoms in total. The molecular formula is C17H24O5S. The fourth-order valence-electron chi connectivity index (χ4n) is 2.88. The van der Waals surface area contributed by atoms with Crippen molar-refractivity contribution in [3.05, 3.63) is 29.8 Å². The van der Waals surface area contributed by atoms with Crippen LogP contribution in [-0.2, 0) is 23.8 Å². The van der Waals surface area contributed by atoms with Crippen LogP contribution in [0, 0.1) is 12.3 Å². The average Bonchev–Trinajstić information content (AvgIpc) is 2.85. The summed E-state index contributed by atoms with van der Waals surface area (Å²) in [6.07, 6.45) is 0.587. The molecule has 6 heteroatoms. The summed E-state index contributed by atoms with van der Waals surface area (Å²) in [4.78, 5) is 12.2. The van der Waals surface area contributed by atoms with Gasteiger partial charge in [0.15, 0.2) is 0 Å². The van der Waals surface area contributed by atoms with Crippen molar-refractivity contribution < 1.29 is 22.1 Å². The van der Waals surface area contributed by atoms with Crippen LogP contribution in [0.25, 0.3) is 0 Å². The summed E-state index contributed by atoms with van der Waals surface area (Å²) < 4.78 is 35.3. The smallest absolute Gasteiger partial charge is 0.312 e. The third-order valence-corrected chi connectivity index (χ3v) is 6.16. The van der Waals surface area contributed by atoms with Crippen LogP contribution in [0.15, 0.2) is 29.2 Å². The molecule has 2 rings (SSSR count). The highest BCUT2D eigenvalue weighted by Crippen LogP contribution is 2.41. The fraction of sp³-hybridized carbons (Fsp3) is 0.588. The standard InChI is InChI=1S/C17H24O5S/c1-5-17(6-2)11-15(21-16(17)18)13(4)22-23(19,20)14-9-7-12(3)8-10-14/h7-10,13,15H,5-6,11H2,1-4H3. The van der Waals surface area contributed by atoms with Gasteiger partial charge in [-0.1, -0.05) is 31.5 Å². The summed E-state index contributed by atoms with van der Waals surface area (Å²) in [6, 6.07) is 6.46. The van der Waals surface area contributed by atoms with Crippen molar-refractivity contribution in [1.82, 2.24) is 0 Å². The Kier molecular flexibility index (Phi) is 5.16. The van der Waals surface area contributed by atoms with Crippen LogP contribution in [-0.4, -0.2) is 26.6 Å². The van der Waals surface area contributed by atoms with Crippen molar-refractivity contribution in [2.45, 2.75) is 64.1 Å². The molecule has 1 fully saturated rings. The molecule has 23 heavy (non-hydrogen) atoms. The molecule has 1 saturated heterocycles. The summed E-state index contributed by atoms with van der Waals surface area (Å²) >= 11 is 0. The summed E-state index contributed by atoms with van der Waals surface area (Å²) in [7, 11) is -3.87. The highest BCUT2D eigenvalue weighted by molar-refractivity contribution is 7.86. The van der Waals surface area contributed by atoms with Gasteiger partial charge in [-0.25, -0.2) is 0 Å². The topological polar surface area (TPSA) is 69.7 Å². The molecule has 128 valence electrons. The first kappa shape index (κ1) is 17.9. The molecule has 1 aliphatic heterocycles. The van der Waals surface area contributed by atoms with E-state index in [-0.39, 0.29) is 10.9 Å². The Morgan fingerprint density at radius 2 is 1.83 bits per heavy atom. The first-order valence-corrected chi connectivity index (χ1v) is 9.36. The van der Waals surface area contributed by atoms with Gasteiger partial charge in [0.1, 0.15) is 12.2 Å². The van der Waals surface area contributed by atoms with Gasteiger partial charge in [0, 0.05) is 6.42 Å². The van der Waals surface area contributed by atoms with Gasteiger partial charge in [0.25, 0.3) is 10.1 Å². The molecule has 0 saturated carbocycles. The summed E-state index contributed by atoms with van der Waals surface area (Å²) in [5.74, 6) is -0.254. The van der Waals surface area contributed by atoms with E-state index in [2.05, 4.69) is 0 Å². The molecule has 0 radical (unpaired) electrons. The van der Waals surface area contributed by atoms with Crippen molar-refractivity contribution in [1.29, 1.82) is 0 Å². The van der Waals surface area contributed by atoms with E-state index in [1.807, 2.05) is 20.8 Å². The molecule has 2 unspecified atom stereocenters. The Labute approximate surface area is 138 Å². The lowest BCUT2D eigenvalue weighted by Crippen LogP contribution is -2.29. The van der Waals surface area contributed by atoms with E-state index >= 15 is 0 Å². The van der Waals surface area contributed by atoms with Crippen molar-refractivity contribution >= 4 is 16.1 Å². The van der Waals surface area contributed by atoms with E-state index in [4.69, 9.17) is 8.92 Å². The molecule has 0 aliphatic carbocycles. The minimum Gasteiger partial charge on any atom is -0.459 e. The number of rotatable bonds is 6.